The first-order chi connectivity index (χ1) is 12.0. The minimum absolute atomic E-state index is 0. The molecule has 0 radical (unpaired) electrons. The molecule has 0 spiro atoms. The van der Waals surface area contributed by atoms with Crippen LogP contribution in [0.25, 0.3) is 0 Å². The Morgan fingerprint density at radius 2 is 1.69 bits per heavy atom. The lowest BCUT2D eigenvalue weighted by atomic mass is 9.65. The number of carbonyl (C=O) groups is 2. The third-order valence-corrected chi connectivity index (χ3v) is 5.86. The van der Waals surface area contributed by atoms with Gasteiger partial charge in [-0.1, -0.05) is 18.6 Å². The van der Waals surface area contributed by atoms with Gasteiger partial charge in [0.05, 0.1) is 0 Å². The zero-order valence-corrected chi connectivity index (χ0v) is 16.4. The van der Waals surface area contributed by atoms with Crippen LogP contribution in [0, 0.1) is 17.8 Å². The van der Waals surface area contributed by atoms with E-state index in [-0.39, 0.29) is 30.1 Å². The zero-order valence-electron chi connectivity index (χ0n) is 15.6. The van der Waals surface area contributed by atoms with Crippen LogP contribution in [0.15, 0.2) is 24.3 Å². The zero-order chi connectivity index (χ0) is 18.0. The molecule has 2 bridgehead atoms. The molecule has 3 rings (SSSR count). The third kappa shape index (κ3) is 4.57. The number of amides is 2. The lowest BCUT2D eigenvalue weighted by Gasteiger charge is -2.43. The van der Waals surface area contributed by atoms with Crippen molar-refractivity contribution in [2.45, 2.75) is 44.7 Å². The van der Waals surface area contributed by atoms with Gasteiger partial charge in [0, 0.05) is 38.2 Å². The predicted octanol–water partition coefficient (Wildman–Crippen LogP) is 2.58. The van der Waals surface area contributed by atoms with Gasteiger partial charge in [0.2, 0.25) is 5.91 Å². The van der Waals surface area contributed by atoms with Crippen LogP contribution in [-0.2, 0) is 11.3 Å². The van der Waals surface area contributed by atoms with Crippen LogP contribution in [0.5, 0.6) is 0 Å². The summed E-state index contributed by atoms with van der Waals surface area (Å²) < 4.78 is 0. The number of benzene rings is 1. The molecule has 0 saturated heterocycles. The molecule has 5 nitrogen and oxygen atoms in total. The Bertz CT molecular complexity index is 618. The number of nitrogens with zero attached hydrogens (tertiary/aromatic N) is 1. The number of nitrogens with one attached hydrogen (secondary N) is 1. The van der Waals surface area contributed by atoms with Crippen LogP contribution < -0.4 is 11.1 Å². The Morgan fingerprint density at radius 1 is 1.12 bits per heavy atom. The highest BCUT2D eigenvalue weighted by Gasteiger charge is 2.40. The van der Waals surface area contributed by atoms with Crippen molar-refractivity contribution >= 4 is 24.2 Å². The molecular formula is C20H30ClN3O2. The van der Waals surface area contributed by atoms with Crippen molar-refractivity contribution in [2.24, 2.45) is 23.5 Å². The molecule has 1 aromatic carbocycles. The van der Waals surface area contributed by atoms with Gasteiger partial charge in [-0.25, -0.2) is 0 Å². The normalized spacial score (nSPS) is 27.2. The van der Waals surface area contributed by atoms with E-state index in [1.807, 2.05) is 24.3 Å². The number of hydrogen-bond acceptors (Lipinski definition) is 3. The first kappa shape index (κ1) is 20.7. The number of fused-ring (bicyclic) bond motifs is 2. The molecule has 2 aliphatic rings. The van der Waals surface area contributed by atoms with Gasteiger partial charge in [-0.15, -0.1) is 12.4 Å². The summed E-state index contributed by atoms with van der Waals surface area (Å²) in [6.07, 6.45) is 5.46. The van der Waals surface area contributed by atoms with Crippen LogP contribution in [0.3, 0.4) is 0 Å². The maximum absolute atomic E-state index is 12.6. The second-order valence-electron chi connectivity index (χ2n) is 7.81. The van der Waals surface area contributed by atoms with E-state index in [1.165, 1.54) is 19.3 Å². The van der Waals surface area contributed by atoms with Crippen molar-refractivity contribution < 1.29 is 9.59 Å². The molecule has 3 N–H and O–H groups in total. The van der Waals surface area contributed by atoms with Crippen molar-refractivity contribution in [1.82, 2.24) is 10.2 Å². The summed E-state index contributed by atoms with van der Waals surface area (Å²) in [5, 5.41) is 3.07. The summed E-state index contributed by atoms with van der Waals surface area (Å²) in [5.74, 6) is 1.27. The van der Waals surface area contributed by atoms with E-state index in [0.29, 0.717) is 30.0 Å². The largest absolute Gasteiger partial charge is 0.352 e. The topological polar surface area (TPSA) is 75.4 Å². The van der Waals surface area contributed by atoms with E-state index in [1.54, 1.807) is 19.0 Å². The molecular weight excluding hydrogens is 350 g/mol. The van der Waals surface area contributed by atoms with Crippen molar-refractivity contribution in [3.63, 3.8) is 0 Å². The molecule has 6 heteroatoms. The van der Waals surface area contributed by atoms with E-state index >= 15 is 0 Å². The third-order valence-electron chi connectivity index (χ3n) is 5.86. The minimum Gasteiger partial charge on any atom is -0.352 e. The van der Waals surface area contributed by atoms with Gasteiger partial charge in [0.15, 0.2) is 0 Å². The highest BCUT2D eigenvalue weighted by atomic mass is 35.5. The second kappa shape index (κ2) is 8.87. The quantitative estimate of drug-likeness (QED) is 0.844. The van der Waals surface area contributed by atoms with E-state index in [4.69, 9.17) is 5.73 Å². The highest BCUT2D eigenvalue weighted by molar-refractivity contribution is 5.93. The molecule has 2 unspecified atom stereocenters. The maximum Gasteiger partial charge on any atom is 0.253 e. The molecule has 0 aromatic heterocycles. The number of rotatable bonds is 4. The Labute approximate surface area is 162 Å². The van der Waals surface area contributed by atoms with Gasteiger partial charge >= 0.3 is 0 Å². The fourth-order valence-electron chi connectivity index (χ4n) is 4.36. The van der Waals surface area contributed by atoms with Crippen molar-refractivity contribution in [2.75, 3.05) is 14.1 Å². The number of hydrogen-bond donors (Lipinski definition) is 2. The van der Waals surface area contributed by atoms with Crippen LogP contribution in [0.4, 0.5) is 0 Å². The lowest BCUT2D eigenvalue weighted by molar-refractivity contribution is -0.128. The van der Waals surface area contributed by atoms with Gasteiger partial charge in [0.1, 0.15) is 0 Å². The van der Waals surface area contributed by atoms with Gasteiger partial charge in [0.25, 0.3) is 5.91 Å². The van der Waals surface area contributed by atoms with Gasteiger partial charge in [-0.3, -0.25) is 9.59 Å². The summed E-state index contributed by atoms with van der Waals surface area (Å²) in [5.41, 5.74) is 7.98. The monoisotopic (exact) mass is 379 g/mol. The van der Waals surface area contributed by atoms with Gasteiger partial charge in [-0.05, 0) is 55.2 Å². The van der Waals surface area contributed by atoms with Crippen molar-refractivity contribution in [3.8, 4) is 0 Å². The van der Waals surface area contributed by atoms with Crippen LogP contribution in [-0.4, -0.2) is 36.9 Å². The predicted molar refractivity (Wildman–Crippen MR) is 105 cm³/mol. The molecule has 1 aromatic rings. The smallest absolute Gasteiger partial charge is 0.253 e. The minimum atomic E-state index is -0.0133. The number of nitrogens with two attached hydrogens (primary N) is 1. The fraction of sp³-hybridized carbons (Fsp3) is 0.600. The molecule has 144 valence electrons. The van der Waals surface area contributed by atoms with Gasteiger partial charge in [-0.2, -0.15) is 0 Å². The Hall–Kier alpha value is -1.59. The van der Waals surface area contributed by atoms with E-state index < -0.39 is 0 Å². The molecule has 2 aliphatic carbocycles. The summed E-state index contributed by atoms with van der Waals surface area (Å²) in [4.78, 5) is 26.0. The SMILES string of the molecule is CN(C)C(=O)c1ccc(CNC(=O)C2CC3CCCC(C2)C3N)cc1.Cl. The summed E-state index contributed by atoms with van der Waals surface area (Å²) in [7, 11) is 3.48. The molecule has 2 fully saturated rings. The summed E-state index contributed by atoms with van der Waals surface area (Å²) >= 11 is 0. The first-order valence-electron chi connectivity index (χ1n) is 9.29. The van der Waals surface area contributed by atoms with Gasteiger partial charge < -0.3 is 16.0 Å². The van der Waals surface area contributed by atoms with Crippen LogP contribution >= 0.6 is 12.4 Å². The van der Waals surface area contributed by atoms with Crippen molar-refractivity contribution in [1.29, 1.82) is 0 Å². The van der Waals surface area contributed by atoms with E-state index in [2.05, 4.69) is 5.32 Å². The molecule has 26 heavy (non-hydrogen) atoms. The number of carbonyl (C=O) groups excluding carboxylic acids is 2. The average molecular weight is 380 g/mol. The van der Waals surface area contributed by atoms with Crippen LogP contribution in [0.1, 0.15) is 48.0 Å². The van der Waals surface area contributed by atoms with E-state index in [9.17, 15) is 9.59 Å². The molecule has 0 heterocycles. The molecule has 2 amide bonds. The van der Waals surface area contributed by atoms with E-state index in [0.717, 1.165) is 18.4 Å². The second-order valence-corrected chi connectivity index (χ2v) is 7.81. The average Bonchev–Trinajstić information content (AvgIpc) is 2.59. The molecule has 2 saturated carbocycles. The van der Waals surface area contributed by atoms with Crippen molar-refractivity contribution in [3.05, 3.63) is 35.4 Å². The number of halogens is 1. The first-order valence-corrected chi connectivity index (χ1v) is 9.29. The molecule has 0 aliphatic heterocycles. The highest BCUT2D eigenvalue weighted by Crippen LogP contribution is 2.41. The van der Waals surface area contributed by atoms with Crippen LogP contribution in [0.2, 0.25) is 0 Å². The Balaban J connectivity index is 0.00000243. The Morgan fingerprint density at radius 3 is 2.23 bits per heavy atom. The maximum atomic E-state index is 12.6. The lowest BCUT2D eigenvalue weighted by Crippen LogP contribution is -2.49. The standard InChI is InChI=1S/C20H29N3O2.ClH/c1-23(2)20(25)14-8-6-13(7-9-14)12-22-19(24)17-10-15-4-3-5-16(11-17)18(15)21;/h6-9,15-18H,3-5,10-12,21H2,1-2H3,(H,22,24);1H. The Kier molecular flexibility index (Phi) is 7.07. The fourth-order valence-corrected chi connectivity index (χ4v) is 4.36. The summed E-state index contributed by atoms with van der Waals surface area (Å²) in [6.45, 7) is 0.507. The summed E-state index contributed by atoms with van der Waals surface area (Å²) in [6, 6.07) is 7.73. The molecule has 2 atom stereocenters.